The molecule has 4 rings (SSSR count). The van der Waals surface area contributed by atoms with Gasteiger partial charge in [-0.05, 0) is 73.2 Å². The van der Waals surface area contributed by atoms with Crippen molar-refractivity contribution in [3.63, 3.8) is 0 Å². The molecule has 2 aromatic heterocycles. The summed E-state index contributed by atoms with van der Waals surface area (Å²) >= 11 is 1.66. The van der Waals surface area contributed by atoms with Crippen molar-refractivity contribution in [1.82, 2.24) is 4.98 Å². The highest BCUT2D eigenvalue weighted by Gasteiger charge is 2.22. The van der Waals surface area contributed by atoms with E-state index in [2.05, 4.69) is 26.8 Å². The number of carboxylic acid groups (broad SMARTS) is 1. The van der Waals surface area contributed by atoms with E-state index in [1.807, 2.05) is 26.0 Å². The molecular weight excluding hydrogens is 461 g/mol. The van der Waals surface area contributed by atoms with Crippen LogP contribution in [-0.4, -0.2) is 16.1 Å². The Kier molecular flexibility index (Phi) is 7.03. The lowest BCUT2D eigenvalue weighted by molar-refractivity contribution is 0.0698. The number of carbonyl (C=O) groups is 1. The van der Waals surface area contributed by atoms with Crippen LogP contribution in [0.15, 0.2) is 48.5 Å². The molecule has 4 aromatic rings. The Bertz CT molecular complexity index is 1450. The Hall–Kier alpha value is -3.51. The first-order valence-electron chi connectivity index (χ1n) is 11.5. The standard InChI is InChI=1S/C29H28FNO3S/c1-6-8-21-18(5)28(35-27(21)16(2)3)23-14-22(29(32)33)25-24(12-11-17(4)26(25)31-23)34-15-19-9-7-10-20(30)13-19/h6-14,16H,15H2,1-5H3,(H,32,33)/b8-6-. The Morgan fingerprint density at radius 2 is 1.97 bits per heavy atom. The van der Waals surface area contributed by atoms with Gasteiger partial charge in [0, 0.05) is 4.88 Å². The van der Waals surface area contributed by atoms with Gasteiger partial charge < -0.3 is 9.84 Å². The first-order valence-corrected chi connectivity index (χ1v) is 12.3. The van der Waals surface area contributed by atoms with Gasteiger partial charge in [-0.25, -0.2) is 14.2 Å². The smallest absolute Gasteiger partial charge is 0.336 e. The molecule has 35 heavy (non-hydrogen) atoms. The summed E-state index contributed by atoms with van der Waals surface area (Å²) in [5.74, 6) is -0.650. The van der Waals surface area contributed by atoms with Crippen LogP contribution in [0.1, 0.15) is 64.2 Å². The maximum atomic E-state index is 13.6. The maximum Gasteiger partial charge on any atom is 0.336 e. The van der Waals surface area contributed by atoms with Crippen LogP contribution < -0.4 is 4.74 Å². The fourth-order valence-corrected chi connectivity index (χ4v) is 5.49. The lowest BCUT2D eigenvalue weighted by atomic mass is 10.00. The van der Waals surface area contributed by atoms with Gasteiger partial charge in [-0.1, -0.05) is 44.2 Å². The number of fused-ring (bicyclic) bond motifs is 1. The number of allylic oxidation sites excluding steroid dienone is 1. The zero-order valence-corrected chi connectivity index (χ0v) is 21.3. The van der Waals surface area contributed by atoms with Crippen molar-refractivity contribution in [2.24, 2.45) is 0 Å². The van der Waals surface area contributed by atoms with E-state index in [1.165, 1.54) is 22.6 Å². The summed E-state index contributed by atoms with van der Waals surface area (Å²) in [6.07, 6.45) is 4.13. The molecule has 0 spiro atoms. The summed E-state index contributed by atoms with van der Waals surface area (Å²) in [4.78, 5) is 19.6. The van der Waals surface area contributed by atoms with Crippen molar-refractivity contribution < 1.29 is 19.0 Å². The molecule has 2 heterocycles. The second kappa shape index (κ2) is 10.0. The summed E-state index contributed by atoms with van der Waals surface area (Å²) in [7, 11) is 0. The van der Waals surface area contributed by atoms with Gasteiger partial charge in [0.15, 0.2) is 0 Å². The van der Waals surface area contributed by atoms with Crippen LogP contribution in [0.3, 0.4) is 0 Å². The predicted molar refractivity (Wildman–Crippen MR) is 141 cm³/mol. The van der Waals surface area contributed by atoms with Gasteiger partial charge in [0.2, 0.25) is 0 Å². The molecule has 4 nitrogen and oxygen atoms in total. The minimum Gasteiger partial charge on any atom is -0.488 e. The molecule has 0 radical (unpaired) electrons. The predicted octanol–water partition coefficient (Wildman–Crippen LogP) is 8.15. The molecule has 0 atom stereocenters. The number of ether oxygens (including phenoxy) is 1. The fourth-order valence-electron chi connectivity index (χ4n) is 4.23. The molecule has 0 bridgehead atoms. The van der Waals surface area contributed by atoms with Gasteiger partial charge in [-0.2, -0.15) is 0 Å². The summed E-state index contributed by atoms with van der Waals surface area (Å²) in [5, 5.41) is 10.6. The lowest BCUT2D eigenvalue weighted by Gasteiger charge is -2.14. The number of aromatic carboxylic acids is 1. The molecule has 0 aliphatic carbocycles. The number of nitrogens with zero attached hydrogens (tertiary/aromatic N) is 1. The van der Waals surface area contributed by atoms with E-state index in [4.69, 9.17) is 9.72 Å². The zero-order valence-electron chi connectivity index (χ0n) is 20.5. The third-order valence-electron chi connectivity index (χ3n) is 5.95. The van der Waals surface area contributed by atoms with Crippen molar-refractivity contribution in [2.75, 3.05) is 0 Å². The van der Waals surface area contributed by atoms with E-state index < -0.39 is 5.97 Å². The molecule has 0 unspecified atom stereocenters. The van der Waals surface area contributed by atoms with Crippen LogP contribution in [0.2, 0.25) is 0 Å². The van der Waals surface area contributed by atoms with Gasteiger partial charge in [-0.15, -0.1) is 11.3 Å². The van der Waals surface area contributed by atoms with E-state index >= 15 is 0 Å². The van der Waals surface area contributed by atoms with E-state index in [9.17, 15) is 14.3 Å². The Labute approximate surface area is 208 Å². The normalized spacial score (nSPS) is 11.6. The number of hydrogen-bond donors (Lipinski definition) is 1. The largest absolute Gasteiger partial charge is 0.488 e. The van der Waals surface area contributed by atoms with Crippen LogP contribution in [0.5, 0.6) is 5.75 Å². The number of carboxylic acids is 1. The monoisotopic (exact) mass is 489 g/mol. The molecule has 0 aliphatic rings. The van der Waals surface area contributed by atoms with Gasteiger partial charge in [0.1, 0.15) is 18.2 Å². The number of aromatic nitrogens is 1. The lowest BCUT2D eigenvalue weighted by Crippen LogP contribution is -2.04. The van der Waals surface area contributed by atoms with Crippen LogP contribution in [-0.2, 0) is 6.61 Å². The Morgan fingerprint density at radius 1 is 1.20 bits per heavy atom. The molecule has 0 aliphatic heterocycles. The Morgan fingerprint density at radius 3 is 2.63 bits per heavy atom. The number of halogens is 1. The van der Waals surface area contributed by atoms with Gasteiger partial charge in [-0.3, -0.25) is 0 Å². The van der Waals surface area contributed by atoms with Crippen molar-refractivity contribution >= 4 is 34.3 Å². The van der Waals surface area contributed by atoms with E-state index in [-0.39, 0.29) is 18.0 Å². The van der Waals surface area contributed by atoms with Crippen molar-refractivity contribution in [2.45, 2.75) is 47.1 Å². The fraction of sp³-hybridized carbons (Fsp3) is 0.241. The molecule has 0 saturated carbocycles. The molecule has 180 valence electrons. The third-order valence-corrected chi connectivity index (χ3v) is 7.58. The summed E-state index contributed by atoms with van der Waals surface area (Å²) < 4.78 is 19.6. The topological polar surface area (TPSA) is 59.4 Å². The van der Waals surface area contributed by atoms with E-state index in [0.29, 0.717) is 33.8 Å². The molecule has 6 heteroatoms. The third kappa shape index (κ3) is 4.84. The molecule has 0 saturated heterocycles. The van der Waals surface area contributed by atoms with Gasteiger partial charge in [0.05, 0.1) is 27.0 Å². The average molecular weight is 490 g/mol. The van der Waals surface area contributed by atoms with Gasteiger partial charge >= 0.3 is 5.97 Å². The second-order valence-electron chi connectivity index (χ2n) is 8.87. The molecular formula is C29H28FNO3S. The highest BCUT2D eigenvalue weighted by atomic mass is 32.1. The van der Waals surface area contributed by atoms with E-state index in [1.54, 1.807) is 35.6 Å². The molecule has 1 N–H and O–H groups in total. The van der Waals surface area contributed by atoms with Crippen LogP contribution >= 0.6 is 11.3 Å². The quantitative estimate of drug-likeness (QED) is 0.284. The van der Waals surface area contributed by atoms with Crippen LogP contribution in [0.4, 0.5) is 4.39 Å². The molecule has 0 fully saturated rings. The highest BCUT2D eigenvalue weighted by molar-refractivity contribution is 7.16. The first-order chi connectivity index (χ1) is 16.7. The SMILES string of the molecule is C/C=C\c1c(C(C)C)sc(-c2cc(C(=O)O)c3c(OCc4cccc(F)c4)ccc(C)c3n2)c1C. The number of benzene rings is 2. The van der Waals surface area contributed by atoms with Crippen molar-refractivity contribution in [1.29, 1.82) is 0 Å². The van der Waals surface area contributed by atoms with Crippen LogP contribution in [0, 0.1) is 19.7 Å². The number of rotatable bonds is 7. The second-order valence-corrected chi connectivity index (χ2v) is 9.92. The zero-order chi connectivity index (χ0) is 25.3. The molecule has 0 amide bonds. The highest BCUT2D eigenvalue weighted by Crippen LogP contribution is 2.42. The first kappa shape index (κ1) is 24.6. The number of aryl methyl sites for hydroxylation is 1. The minimum atomic E-state index is -1.05. The summed E-state index contributed by atoms with van der Waals surface area (Å²) in [6, 6.07) is 11.4. The van der Waals surface area contributed by atoms with Crippen molar-refractivity contribution in [3.05, 3.63) is 87.1 Å². The van der Waals surface area contributed by atoms with Crippen LogP contribution in [0.25, 0.3) is 27.6 Å². The maximum absolute atomic E-state index is 13.6. The van der Waals surface area contributed by atoms with Gasteiger partial charge in [0.25, 0.3) is 0 Å². The summed E-state index contributed by atoms with van der Waals surface area (Å²) in [6.45, 7) is 10.4. The number of hydrogen-bond acceptors (Lipinski definition) is 4. The van der Waals surface area contributed by atoms with E-state index in [0.717, 1.165) is 16.0 Å². The minimum absolute atomic E-state index is 0.116. The molecule has 2 aromatic carbocycles. The number of thiophene rings is 1. The average Bonchev–Trinajstić information content (AvgIpc) is 3.15. The van der Waals surface area contributed by atoms with Crippen molar-refractivity contribution in [3.8, 4) is 16.3 Å². The number of pyridine rings is 1. The summed E-state index contributed by atoms with van der Waals surface area (Å²) in [5.41, 5.74) is 5.14. The Balaban J connectivity index is 1.88.